The maximum atomic E-state index is 12.1. The zero-order chi connectivity index (χ0) is 16.4. The van der Waals surface area contributed by atoms with Crippen molar-refractivity contribution < 1.29 is 14.3 Å². The number of cyclic esters (lactones) is 1. The number of ether oxygens (including phenoxy) is 1. The van der Waals surface area contributed by atoms with Crippen molar-refractivity contribution in [2.24, 2.45) is 0 Å². The summed E-state index contributed by atoms with van der Waals surface area (Å²) in [6.45, 7) is 4.06. The second-order valence-corrected chi connectivity index (χ2v) is 6.43. The van der Waals surface area contributed by atoms with Gasteiger partial charge in [0.2, 0.25) is 6.41 Å². The minimum absolute atomic E-state index is 0.0754. The van der Waals surface area contributed by atoms with Gasteiger partial charge in [0.05, 0.1) is 11.0 Å². The number of rotatable bonds is 4. The smallest absolute Gasteiger partial charge is 0.414 e. The summed E-state index contributed by atoms with van der Waals surface area (Å²) in [5.74, 6) is 0. The quantitative estimate of drug-likeness (QED) is 0.668. The Morgan fingerprint density at radius 3 is 3.04 bits per heavy atom. The average molecular weight is 333 g/mol. The van der Waals surface area contributed by atoms with Gasteiger partial charge in [-0.05, 0) is 36.6 Å². The molecule has 0 saturated carbocycles. The fourth-order valence-electron chi connectivity index (χ4n) is 2.99. The van der Waals surface area contributed by atoms with Crippen LogP contribution in [0, 0.1) is 0 Å². The Labute approximate surface area is 140 Å². The number of carbonyl (C=O) groups excluding carboxylic acids is 2. The Bertz CT molecular complexity index is 649. The molecule has 3 rings (SSSR count). The van der Waals surface area contributed by atoms with Crippen LogP contribution in [0.4, 0.5) is 10.5 Å². The van der Waals surface area contributed by atoms with Crippen molar-refractivity contribution in [3.05, 3.63) is 29.3 Å². The summed E-state index contributed by atoms with van der Waals surface area (Å²) >= 11 is 5.03. The van der Waals surface area contributed by atoms with E-state index in [1.807, 2.05) is 25.1 Å². The number of thiocarbonyl (C=S) groups is 1. The van der Waals surface area contributed by atoms with Crippen LogP contribution in [0.25, 0.3) is 0 Å². The molecule has 2 heterocycles. The molecule has 1 N–H and O–H groups in total. The lowest BCUT2D eigenvalue weighted by atomic mass is 9.99. The van der Waals surface area contributed by atoms with E-state index in [2.05, 4.69) is 5.32 Å². The highest BCUT2D eigenvalue weighted by Gasteiger charge is 2.34. The number of hydrogen-bond donors (Lipinski definition) is 1. The van der Waals surface area contributed by atoms with E-state index in [0.29, 0.717) is 31.2 Å². The molecule has 0 bridgehead atoms. The third-order valence-electron chi connectivity index (χ3n) is 4.21. The Morgan fingerprint density at radius 1 is 1.48 bits per heavy atom. The van der Waals surface area contributed by atoms with Crippen molar-refractivity contribution in [2.45, 2.75) is 25.9 Å². The summed E-state index contributed by atoms with van der Waals surface area (Å²) in [7, 11) is 0. The van der Waals surface area contributed by atoms with Gasteiger partial charge >= 0.3 is 6.09 Å². The molecule has 23 heavy (non-hydrogen) atoms. The summed E-state index contributed by atoms with van der Waals surface area (Å²) in [6, 6.07) is 5.85. The number of anilines is 1. The van der Waals surface area contributed by atoms with Gasteiger partial charge in [0.25, 0.3) is 0 Å². The highest BCUT2D eigenvalue weighted by molar-refractivity contribution is 7.80. The minimum atomic E-state index is -0.330. The highest BCUT2D eigenvalue weighted by Crippen LogP contribution is 2.28. The molecule has 1 unspecified atom stereocenters. The Balaban J connectivity index is 1.81. The van der Waals surface area contributed by atoms with Crippen molar-refractivity contribution in [3.8, 4) is 0 Å². The molecule has 6 nitrogen and oxygen atoms in total. The van der Waals surface area contributed by atoms with Crippen molar-refractivity contribution in [3.63, 3.8) is 0 Å². The molecule has 1 fully saturated rings. The number of benzene rings is 1. The second-order valence-electron chi connectivity index (χ2n) is 5.82. The zero-order valence-corrected chi connectivity index (χ0v) is 13.8. The Morgan fingerprint density at radius 2 is 2.30 bits per heavy atom. The molecule has 1 aromatic rings. The molecular weight excluding hydrogens is 314 g/mol. The van der Waals surface area contributed by atoms with E-state index < -0.39 is 0 Å². The molecule has 0 aliphatic carbocycles. The third-order valence-corrected chi connectivity index (χ3v) is 4.35. The molecule has 2 amide bonds. The van der Waals surface area contributed by atoms with Gasteiger partial charge in [-0.15, -0.1) is 0 Å². The maximum Gasteiger partial charge on any atom is 0.414 e. The van der Waals surface area contributed by atoms with E-state index in [1.165, 1.54) is 5.56 Å². The van der Waals surface area contributed by atoms with Crippen LogP contribution in [0.5, 0.6) is 0 Å². The lowest BCUT2D eigenvalue weighted by molar-refractivity contribution is -0.118. The molecule has 1 atom stereocenters. The largest absolute Gasteiger partial charge is 0.447 e. The van der Waals surface area contributed by atoms with Crippen molar-refractivity contribution in [1.82, 2.24) is 10.2 Å². The molecule has 2 aliphatic rings. The molecular formula is C16H19N3O3S. The normalized spacial score (nSPS) is 20.0. The first-order valence-electron chi connectivity index (χ1n) is 7.60. The summed E-state index contributed by atoms with van der Waals surface area (Å²) in [5, 5.41) is 3.10. The summed E-state index contributed by atoms with van der Waals surface area (Å²) in [4.78, 5) is 27.1. The first kappa shape index (κ1) is 15.7. The van der Waals surface area contributed by atoms with Crippen LogP contribution < -0.4 is 10.2 Å². The molecule has 122 valence electrons. The number of fused-ring (bicyclic) bond motifs is 1. The van der Waals surface area contributed by atoms with Crippen molar-refractivity contribution in [1.29, 1.82) is 0 Å². The Kier molecular flexibility index (Phi) is 4.47. The molecule has 2 aliphatic heterocycles. The summed E-state index contributed by atoms with van der Waals surface area (Å²) in [6.07, 6.45) is 1.35. The van der Waals surface area contributed by atoms with E-state index in [4.69, 9.17) is 17.0 Å². The first-order chi connectivity index (χ1) is 11.1. The second kappa shape index (κ2) is 6.54. The average Bonchev–Trinajstić information content (AvgIpc) is 2.92. The molecule has 0 radical (unpaired) electrons. The summed E-state index contributed by atoms with van der Waals surface area (Å²) in [5.41, 5.74) is 3.14. The molecule has 1 saturated heterocycles. The van der Waals surface area contributed by atoms with Crippen LogP contribution >= 0.6 is 12.2 Å². The van der Waals surface area contributed by atoms with Crippen LogP contribution in [0.1, 0.15) is 18.1 Å². The Hall–Kier alpha value is -2.15. The van der Waals surface area contributed by atoms with Gasteiger partial charge in [0.15, 0.2) is 0 Å². The van der Waals surface area contributed by atoms with E-state index in [-0.39, 0.29) is 12.1 Å². The fourth-order valence-corrected chi connectivity index (χ4v) is 3.07. The highest BCUT2D eigenvalue weighted by atomic mass is 32.1. The van der Waals surface area contributed by atoms with Crippen LogP contribution in [0.15, 0.2) is 18.2 Å². The number of amides is 2. The predicted octanol–water partition coefficient (Wildman–Crippen LogP) is 1.46. The monoisotopic (exact) mass is 333 g/mol. The van der Waals surface area contributed by atoms with Crippen LogP contribution in [-0.2, 0) is 22.5 Å². The number of carbonyl (C=O) groups is 2. The van der Waals surface area contributed by atoms with Crippen molar-refractivity contribution in [2.75, 3.05) is 24.6 Å². The first-order valence-corrected chi connectivity index (χ1v) is 8.01. The van der Waals surface area contributed by atoms with Crippen LogP contribution in [0.3, 0.4) is 0 Å². The standard InChI is InChI=1S/C16H19N3O3S/c1-11(23)17-7-15-9-22-16(21)19(15)14-3-2-13-8-18(10-20)5-4-12(13)6-14/h2-3,6,10,15H,4-5,7-9H2,1H3,(H,17,23). The topological polar surface area (TPSA) is 61.9 Å². The fraction of sp³-hybridized carbons (Fsp3) is 0.438. The van der Waals surface area contributed by atoms with E-state index in [1.54, 1.807) is 9.80 Å². The number of nitrogens with one attached hydrogen (secondary N) is 1. The minimum Gasteiger partial charge on any atom is -0.447 e. The zero-order valence-electron chi connectivity index (χ0n) is 12.9. The molecule has 1 aromatic carbocycles. The predicted molar refractivity (Wildman–Crippen MR) is 90.5 cm³/mol. The van der Waals surface area contributed by atoms with Gasteiger partial charge in [0.1, 0.15) is 6.61 Å². The lowest BCUT2D eigenvalue weighted by Crippen LogP contribution is -2.42. The van der Waals surface area contributed by atoms with Crippen molar-refractivity contribution >= 4 is 35.4 Å². The maximum absolute atomic E-state index is 12.1. The van der Waals surface area contributed by atoms with Crippen LogP contribution in [0.2, 0.25) is 0 Å². The van der Waals surface area contributed by atoms with Gasteiger partial charge in [-0.3, -0.25) is 9.69 Å². The number of hydrogen-bond acceptors (Lipinski definition) is 4. The van der Waals surface area contributed by atoms with E-state index >= 15 is 0 Å². The molecule has 0 aromatic heterocycles. The van der Waals surface area contributed by atoms with Gasteiger partial charge < -0.3 is 15.0 Å². The lowest BCUT2D eigenvalue weighted by Gasteiger charge is -2.28. The molecule has 7 heteroatoms. The van der Waals surface area contributed by atoms with Gasteiger partial charge in [-0.2, -0.15) is 0 Å². The number of nitrogens with zero attached hydrogens (tertiary/aromatic N) is 2. The SMILES string of the molecule is CC(=S)NCC1COC(=O)N1c1ccc2c(c1)CCN(C=O)C2. The molecule has 0 spiro atoms. The van der Waals surface area contributed by atoms with Gasteiger partial charge in [-0.25, -0.2) is 4.79 Å². The van der Waals surface area contributed by atoms with Crippen LogP contribution in [-0.4, -0.2) is 48.1 Å². The van der Waals surface area contributed by atoms with E-state index in [0.717, 1.165) is 24.1 Å². The van der Waals surface area contributed by atoms with Gasteiger partial charge in [-0.1, -0.05) is 18.3 Å². The third kappa shape index (κ3) is 3.29. The summed E-state index contributed by atoms with van der Waals surface area (Å²) < 4.78 is 5.19. The van der Waals surface area contributed by atoms with E-state index in [9.17, 15) is 9.59 Å². The van der Waals surface area contributed by atoms with Gasteiger partial charge in [0, 0.05) is 25.3 Å².